The zero-order valence-electron chi connectivity index (χ0n) is 10.7. The van der Waals surface area contributed by atoms with E-state index in [-0.39, 0.29) is 0 Å². The Hall–Kier alpha value is -2.39. The Morgan fingerprint density at radius 1 is 1.05 bits per heavy atom. The van der Waals surface area contributed by atoms with Gasteiger partial charge in [0.05, 0.1) is 0 Å². The summed E-state index contributed by atoms with van der Waals surface area (Å²) in [5.41, 5.74) is 3.13. The molecule has 1 amide bonds. The predicted molar refractivity (Wildman–Crippen MR) is 75.5 cm³/mol. The van der Waals surface area contributed by atoms with Crippen LogP contribution in [0.3, 0.4) is 0 Å². The number of nitrogens with zero attached hydrogens (tertiary/aromatic N) is 1. The van der Waals surface area contributed by atoms with Crippen LogP contribution < -0.4 is 0 Å². The van der Waals surface area contributed by atoms with E-state index in [1.165, 1.54) is 13.1 Å². The van der Waals surface area contributed by atoms with Gasteiger partial charge in [0.2, 0.25) is 0 Å². The van der Waals surface area contributed by atoms with Gasteiger partial charge in [-0.3, -0.25) is 10.0 Å². The first-order chi connectivity index (χ1) is 9.16. The second kappa shape index (κ2) is 5.98. The Balaban J connectivity index is 2.23. The molecule has 0 atom stereocenters. The van der Waals surface area contributed by atoms with Crippen molar-refractivity contribution in [3.63, 3.8) is 0 Å². The summed E-state index contributed by atoms with van der Waals surface area (Å²) in [6.07, 6.45) is 3.02. The molecule has 0 saturated carbocycles. The second-order valence-corrected chi connectivity index (χ2v) is 4.19. The summed E-state index contributed by atoms with van der Waals surface area (Å²) in [5.74, 6) is -0.454. The lowest BCUT2D eigenvalue weighted by Crippen LogP contribution is -2.19. The zero-order chi connectivity index (χ0) is 13.7. The maximum absolute atomic E-state index is 11.3. The van der Waals surface area contributed by atoms with Gasteiger partial charge in [0.1, 0.15) is 0 Å². The van der Waals surface area contributed by atoms with Crippen molar-refractivity contribution in [1.29, 1.82) is 0 Å². The molecule has 2 aromatic carbocycles. The Bertz CT molecular complexity index is 589. The van der Waals surface area contributed by atoms with Gasteiger partial charge < -0.3 is 0 Å². The third-order valence-corrected chi connectivity index (χ3v) is 2.73. The van der Waals surface area contributed by atoms with E-state index < -0.39 is 5.91 Å². The summed E-state index contributed by atoms with van der Waals surface area (Å²) < 4.78 is 0. The summed E-state index contributed by atoms with van der Waals surface area (Å²) >= 11 is 0. The van der Waals surface area contributed by atoms with Gasteiger partial charge in [0, 0.05) is 13.1 Å². The lowest BCUT2D eigenvalue weighted by atomic mass is 10.0. The minimum Gasteiger partial charge on any atom is -0.286 e. The molecule has 0 aliphatic rings. The van der Waals surface area contributed by atoms with Gasteiger partial charge >= 0.3 is 0 Å². The van der Waals surface area contributed by atoms with E-state index in [1.54, 1.807) is 6.08 Å². The molecule has 96 valence electrons. The van der Waals surface area contributed by atoms with Crippen LogP contribution in [0.1, 0.15) is 5.56 Å². The minimum absolute atomic E-state index is 0.454. The summed E-state index contributed by atoms with van der Waals surface area (Å²) in [6.45, 7) is 0. The average molecular weight is 253 g/mol. The highest BCUT2D eigenvalue weighted by Crippen LogP contribution is 2.20. The molecule has 0 spiro atoms. The van der Waals surface area contributed by atoms with Crippen molar-refractivity contribution >= 4 is 12.0 Å². The molecular formula is C16H15NO2. The van der Waals surface area contributed by atoms with E-state index in [2.05, 4.69) is 0 Å². The molecule has 3 nitrogen and oxygen atoms in total. The summed E-state index contributed by atoms with van der Waals surface area (Å²) in [5, 5.41) is 9.52. The van der Waals surface area contributed by atoms with Crippen LogP contribution in [0, 0.1) is 0 Å². The van der Waals surface area contributed by atoms with E-state index in [0.717, 1.165) is 16.7 Å². The van der Waals surface area contributed by atoms with Crippen LogP contribution in [0.4, 0.5) is 0 Å². The zero-order valence-corrected chi connectivity index (χ0v) is 10.7. The third-order valence-electron chi connectivity index (χ3n) is 2.73. The quantitative estimate of drug-likeness (QED) is 0.518. The van der Waals surface area contributed by atoms with Gasteiger partial charge in [-0.05, 0) is 28.8 Å². The molecular weight excluding hydrogens is 238 g/mol. The second-order valence-electron chi connectivity index (χ2n) is 4.19. The molecule has 0 saturated heterocycles. The average Bonchev–Trinajstić information content (AvgIpc) is 2.46. The van der Waals surface area contributed by atoms with Gasteiger partial charge in [-0.25, -0.2) is 5.06 Å². The number of rotatable bonds is 3. The van der Waals surface area contributed by atoms with Gasteiger partial charge in [0.15, 0.2) is 0 Å². The van der Waals surface area contributed by atoms with E-state index in [4.69, 9.17) is 5.21 Å². The lowest BCUT2D eigenvalue weighted by molar-refractivity contribution is -0.153. The van der Waals surface area contributed by atoms with E-state index in [9.17, 15) is 4.79 Å². The fraction of sp³-hybridized carbons (Fsp3) is 0.0625. The molecule has 0 aromatic heterocycles. The maximum Gasteiger partial charge on any atom is 0.269 e. The normalized spacial score (nSPS) is 10.6. The summed E-state index contributed by atoms with van der Waals surface area (Å²) in [4.78, 5) is 11.3. The van der Waals surface area contributed by atoms with Crippen LogP contribution in [0.2, 0.25) is 0 Å². The van der Waals surface area contributed by atoms with Gasteiger partial charge in [-0.2, -0.15) is 0 Å². The predicted octanol–water partition coefficient (Wildman–Crippen LogP) is 3.21. The molecule has 19 heavy (non-hydrogen) atoms. The highest BCUT2D eigenvalue weighted by atomic mass is 16.5. The van der Waals surface area contributed by atoms with Crippen LogP contribution in [-0.4, -0.2) is 23.2 Å². The van der Waals surface area contributed by atoms with Crippen LogP contribution >= 0.6 is 0 Å². The van der Waals surface area contributed by atoms with Crippen molar-refractivity contribution in [1.82, 2.24) is 5.06 Å². The molecule has 0 aliphatic carbocycles. The molecule has 1 N–H and O–H groups in total. The van der Waals surface area contributed by atoms with Crippen molar-refractivity contribution < 1.29 is 10.0 Å². The Kier molecular flexibility index (Phi) is 4.11. The number of carbonyl (C=O) groups is 1. The molecule has 0 heterocycles. The molecule has 0 aliphatic heterocycles. The number of likely N-dealkylation sites (N-methyl/N-ethyl adjacent to an activating group) is 1. The number of hydroxylamine groups is 2. The van der Waals surface area contributed by atoms with Crippen molar-refractivity contribution in [2.24, 2.45) is 0 Å². The molecule has 0 radical (unpaired) electrons. The van der Waals surface area contributed by atoms with Crippen LogP contribution in [0.25, 0.3) is 17.2 Å². The number of amides is 1. The number of hydrogen-bond donors (Lipinski definition) is 1. The molecule has 2 aromatic rings. The van der Waals surface area contributed by atoms with Crippen molar-refractivity contribution in [2.75, 3.05) is 7.05 Å². The molecule has 0 unspecified atom stereocenters. The van der Waals surface area contributed by atoms with E-state index >= 15 is 0 Å². The lowest BCUT2D eigenvalue weighted by Gasteiger charge is -2.04. The Morgan fingerprint density at radius 2 is 1.74 bits per heavy atom. The molecule has 0 fully saturated rings. The van der Waals surface area contributed by atoms with Gasteiger partial charge in [0.25, 0.3) is 5.91 Å². The van der Waals surface area contributed by atoms with Crippen molar-refractivity contribution in [3.05, 3.63) is 66.2 Å². The minimum atomic E-state index is -0.454. The Morgan fingerprint density at radius 3 is 2.42 bits per heavy atom. The van der Waals surface area contributed by atoms with Crippen LogP contribution in [0.5, 0.6) is 0 Å². The topological polar surface area (TPSA) is 40.5 Å². The first kappa shape index (κ1) is 13.1. The molecule has 0 bridgehead atoms. The summed E-state index contributed by atoms with van der Waals surface area (Å²) in [6, 6.07) is 17.9. The number of benzene rings is 2. The Labute approximate surface area is 112 Å². The van der Waals surface area contributed by atoms with Crippen molar-refractivity contribution in [2.45, 2.75) is 0 Å². The number of carbonyl (C=O) groups excluding carboxylic acids is 1. The smallest absolute Gasteiger partial charge is 0.269 e. The number of hydrogen-bond acceptors (Lipinski definition) is 2. The van der Waals surface area contributed by atoms with Crippen molar-refractivity contribution in [3.8, 4) is 11.1 Å². The first-order valence-corrected chi connectivity index (χ1v) is 5.97. The van der Waals surface area contributed by atoms with Crippen LogP contribution in [-0.2, 0) is 4.79 Å². The third kappa shape index (κ3) is 3.53. The largest absolute Gasteiger partial charge is 0.286 e. The first-order valence-electron chi connectivity index (χ1n) is 5.97. The molecule has 2 rings (SSSR count). The fourth-order valence-electron chi connectivity index (χ4n) is 1.73. The van der Waals surface area contributed by atoms with E-state index in [0.29, 0.717) is 5.06 Å². The van der Waals surface area contributed by atoms with Gasteiger partial charge in [-0.15, -0.1) is 0 Å². The highest BCUT2D eigenvalue weighted by molar-refractivity contribution is 5.90. The maximum atomic E-state index is 11.3. The van der Waals surface area contributed by atoms with E-state index in [1.807, 2.05) is 54.6 Å². The summed E-state index contributed by atoms with van der Waals surface area (Å²) in [7, 11) is 1.30. The molecule has 3 heteroatoms. The standard InChI is InChI=1S/C16H15NO2/c1-17(19)16(18)11-10-13-6-5-9-15(12-13)14-7-3-2-4-8-14/h2-12,19H,1H3/b11-10+. The van der Waals surface area contributed by atoms with Gasteiger partial charge in [-0.1, -0.05) is 48.5 Å². The SMILES string of the molecule is CN(O)C(=O)/C=C/c1cccc(-c2ccccc2)c1. The highest BCUT2D eigenvalue weighted by Gasteiger charge is 2.00. The monoisotopic (exact) mass is 253 g/mol. The fourth-order valence-corrected chi connectivity index (χ4v) is 1.73. The van der Waals surface area contributed by atoms with Crippen LogP contribution in [0.15, 0.2) is 60.7 Å².